The molecule has 136 valence electrons. The number of halogens is 4. The van der Waals surface area contributed by atoms with E-state index in [0.717, 1.165) is 11.1 Å². The van der Waals surface area contributed by atoms with Gasteiger partial charge in [0, 0.05) is 0 Å². The summed E-state index contributed by atoms with van der Waals surface area (Å²) in [6.45, 7) is 0. The summed E-state index contributed by atoms with van der Waals surface area (Å²) < 4.78 is 54.8. The lowest BCUT2D eigenvalue weighted by Gasteiger charge is -2.29. The number of carbonyl (C=O) groups is 1. The van der Waals surface area contributed by atoms with E-state index < -0.39 is 46.6 Å². The van der Waals surface area contributed by atoms with Gasteiger partial charge in [-0.25, -0.2) is 17.6 Å². The molecule has 1 aliphatic heterocycles. The largest absolute Gasteiger partial charge is 0.358 e. The molecule has 4 rings (SSSR count). The van der Waals surface area contributed by atoms with Crippen LogP contribution in [0.15, 0.2) is 54.6 Å². The predicted octanol–water partition coefficient (Wildman–Crippen LogP) is 4.76. The van der Waals surface area contributed by atoms with Crippen molar-refractivity contribution >= 4 is 11.6 Å². The minimum atomic E-state index is -2.02. The van der Waals surface area contributed by atoms with Crippen LogP contribution in [0, 0.1) is 23.3 Å². The summed E-state index contributed by atoms with van der Waals surface area (Å²) in [5, 5.41) is 4.94. The van der Waals surface area contributed by atoms with Crippen LogP contribution >= 0.6 is 0 Å². The van der Waals surface area contributed by atoms with E-state index in [0.29, 0.717) is 5.56 Å². The molecule has 0 fully saturated rings. The molecule has 3 aromatic carbocycles. The number of carbonyl (C=O) groups excluding carboxylic acids is 1. The van der Waals surface area contributed by atoms with E-state index in [-0.39, 0.29) is 0 Å². The first-order valence-electron chi connectivity index (χ1n) is 8.06. The monoisotopic (exact) mass is 372 g/mol. The zero-order chi connectivity index (χ0) is 19.1. The second kappa shape index (κ2) is 6.42. The van der Waals surface area contributed by atoms with Crippen LogP contribution in [0.1, 0.15) is 22.1 Å². The molecule has 0 aromatic heterocycles. The maximum atomic E-state index is 14.0. The van der Waals surface area contributed by atoms with Crippen LogP contribution in [-0.4, -0.2) is 5.91 Å². The summed E-state index contributed by atoms with van der Waals surface area (Å²) >= 11 is 0. The molecule has 1 aliphatic rings. The number of anilines is 1. The Hall–Kier alpha value is -3.35. The van der Waals surface area contributed by atoms with Crippen LogP contribution in [0.2, 0.25) is 0 Å². The van der Waals surface area contributed by atoms with Crippen molar-refractivity contribution in [2.24, 2.45) is 0 Å². The van der Waals surface area contributed by atoms with Gasteiger partial charge in [0.1, 0.15) is 11.7 Å². The molecule has 1 atom stereocenters. The lowest BCUT2D eigenvalue weighted by molar-refractivity contribution is 0.0928. The zero-order valence-corrected chi connectivity index (χ0v) is 13.7. The highest BCUT2D eigenvalue weighted by molar-refractivity contribution is 6.02. The highest BCUT2D eigenvalue weighted by Crippen LogP contribution is 2.34. The van der Waals surface area contributed by atoms with Gasteiger partial charge in [0.2, 0.25) is 0 Å². The minimum Gasteiger partial charge on any atom is -0.358 e. The van der Waals surface area contributed by atoms with Crippen molar-refractivity contribution in [3.8, 4) is 11.1 Å². The van der Waals surface area contributed by atoms with Gasteiger partial charge in [0.25, 0.3) is 5.91 Å². The number of rotatable bonds is 2. The Bertz CT molecular complexity index is 1040. The van der Waals surface area contributed by atoms with Gasteiger partial charge >= 0.3 is 0 Å². The molecule has 3 nitrogen and oxygen atoms in total. The van der Waals surface area contributed by atoms with E-state index in [1.807, 2.05) is 30.3 Å². The van der Waals surface area contributed by atoms with Gasteiger partial charge in [0.15, 0.2) is 23.3 Å². The fraction of sp³-hybridized carbons (Fsp3) is 0.0500. The molecule has 0 bridgehead atoms. The third kappa shape index (κ3) is 2.81. The number of hydrogen-bond donors (Lipinski definition) is 2. The molecule has 0 saturated carbocycles. The normalized spacial score (nSPS) is 15.7. The first-order valence-corrected chi connectivity index (χ1v) is 8.06. The standard InChI is InChI=1S/C20H12F4N2O/c21-14-13-18(17(24)16(23)15(14)22)25-19(26-20(13)27)12-8-6-11(7-9-12)10-4-2-1-3-5-10/h1-9,19,25H,(H,26,27). The summed E-state index contributed by atoms with van der Waals surface area (Å²) in [6.07, 6.45) is -0.923. The molecular weight excluding hydrogens is 360 g/mol. The lowest BCUT2D eigenvalue weighted by atomic mass is 10.0. The number of nitrogens with one attached hydrogen (secondary N) is 2. The van der Waals surface area contributed by atoms with E-state index in [4.69, 9.17) is 0 Å². The van der Waals surface area contributed by atoms with E-state index in [2.05, 4.69) is 10.6 Å². The lowest BCUT2D eigenvalue weighted by Crippen LogP contribution is -2.40. The van der Waals surface area contributed by atoms with Crippen LogP contribution in [-0.2, 0) is 0 Å². The van der Waals surface area contributed by atoms with Gasteiger partial charge in [-0.05, 0) is 16.7 Å². The van der Waals surface area contributed by atoms with Crippen LogP contribution in [0.5, 0.6) is 0 Å². The van der Waals surface area contributed by atoms with Crippen molar-refractivity contribution in [3.05, 3.63) is 89.0 Å². The third-order valence-electron chi connectivity index (χ3n) is 4.41. The van der Waals surface area contributed by atoms with E-state index in [9.17, 15) is 22.4 Å². The quantitative estimate of drug-likeness (QED) is 0.387. The van der Waals surface area contributed by atoms with Crippen molar-refractivity contribution in [1.82, 2.24) is 5.32 Å². The van der Waals surface area contributed by atoms with Crippen molar-refractivity contribution in [2.45, 2.75) is 6.17 Å². The third-order valence-corrected chi connectivity index (χ3v) is 4.41. The molecule has 1 unspecified atom stereocenters. The predicted molar refractivity (Wildman–Crippen MR) is 92.0 cm³/mol. The average Bonchev–Trinajstić information content (AvgIpc) is 2.71. The SMILES string of the molecule is O=C1NC(c2ccc(-c3ccccc3)cc2)Nc2c(F)c(F)c(F)c(F)c21. The molecule has 27 heavy (non-hydrogen) atoms. The smallest absolute Gasteiger partial charge is 0.258 e. The first kappa shape index (κ1) is 17.1. The van der Waals surface area contributed by atoms with Crippen molar-refractivity contribution in [3.63, 3.8) is 0 Å². The second-order valence-electron chi connectivity index (χ2n) is 6.04. The molecule has 0 aliphatic carbocycles. The van der Waals surface area contributed by atoms with Crippen LogP contribution in [0.3, 0.4) is 0 Å². The minimum absolute atomic E-state index is 0.540. The molecule has 0 radical (unpaired) electrons. The van der Waals surface area contributed by atoms with E-state index in [1.54, 1.807) is 24.3 Å². The number of benzene rings is 3. The highest BCUT2D eigenvalue weighted by Gasteiger charge is 2.35. The molecule has 1 amide bonds. The topological polar surface area (TPSA) is 41.1 Å². The van der Waals surface area contributed by atoms with Crippen molar-refractivity contribution in [2.75, 3.05) is 5.32 Å². The van der Waals surface area contributed by atoms with Crippen LogP contribution in [0.25, 0.3) is 11.1 Å². The number of fused-ring (bicyclic) bond motifs is 1. The molecule has 1 heterocycles. The Morgan fingerprint density at radius 1 is 0.667 bits per heavy atom. The van der Waals surface area contributed by atoms with Crippen LogP contribution < -0.4 is 10.6 Å². The fourth-order valence-corrected chi connectivity index (χ4v) is 3.03. The van der Waals surface area contributed by atoms with E-state index >= 15 is 0 Å². The Morgan fingerprint density at radius 2 is 1.26 bits per heavy atom. The molecule has 2 N–H and O–H groups in total. The first-order chi connectivity index (χ1) is 13.0. The van der Waals surface area contributed by atoms with Crippen molar-refractivity contribution < 1.29 is 22.4 Å². The van der Waals surface area contributed by atoms with Gasteiger partial charge in [-0.2, -0.15) is 0 Å². The van der Waals surface area contributed by atoms with Gasteiger partial charge in [-0.3, -0.25) is 4.79 Å². The Kier molecular flexibility index (Phi) is 4.07. The van der Waals surface area contributed by atoms with Crippen LogP contribution in [0.4, 0.5) is 23.2 Å². The van der Waals surface area contributed by atoms with E-state index in [1.165, 1.54) is 0 Å². The Morgan fingerprint density at radius 3 is 1.93 bits per heavy atom. The number of hydrogen-bond acceptors (Lipinski definition) is 2. The molecule has 0 spiro atoms. The van der Waals surface area contributed by atoms with Crippen molar-refractivity contribution in [1.29, 1.82) is 0 Å². The highest BCUT2D eigenvalue weighted by atomic mass is 19.2. The summed E-state index contributed by atoms with van der Waals surface area (Å²) in [5.74, 6) is -8.38. The average molecular weight is 372 g/mol. The number of amides is 1. The van der Waals surface area contributed by atoms with Gasteiger partial charge in [-0.1, -0.05) is 54.6 Å². The zero-order valence-electron chi connectivity index (χ0n) is 13.7. The van der Waals surface area contributed by atoms with Gasteiger partial charge < -0.3 is 10.6 Å². The Balaban J connectivity index is 1.69. The van der Waals surface area contributed by atoms with Gasteiger partial charge in [0.05, 0.1) is 5.69 Å². The molecule has 0 saturated heterocycles. The molecule has 7 heteroatoms. The Labute approximate surface area is 151 Å². The summed E-state index contributed by atoms with van der Waals surface area (Å²) in [5.41, 5.74) is 0.863. The fourth-order valence-electron chi connectivity index (χ4n) is 3.03. The maximum Gasteiger partial charge on any atom is 0.258 e. The molecular formula is C20H12F4N2O. The summed E-state index contributed by atoms with van der Waals surface area (Å²) in [6, 6.07) is 16.5. The maximum absolute atomic E-state index is 14.0. The van der Waals surface area contributed by atoms with Gasteiger partial charge in [-0.15, -0.1) is 0 Å². The summed E-state index contributed by atoms with van der Waals surface area (Å²) in [4.78, 5) is 12.1. The second-order valence-corrected chi connectivity index (χ2v) is 6.04. The summed E-state index contributed by atoms with van der Waals surface area (Å²) in [7, 11) is 0. The molecule has 3 aromatic rings.